The van der Waals surface area contributed by atoms with Crippen LogP contribution in [0.1, 0.15) is 133 Å². The first-order valence-electron chi connectivity index (χ1n) is 13.1. The van der Waals surface area contributed by atoms with Crippen LogP contribution in [-0.2, 0) is 4.79 Å². The highest BCUT2D eigenvalue weighted by molar-refractivity contribution is 5.97. The van der Waals surface area contributed by atoms with Crippen LogP contribution in [0.4, 0.5) is 0 Å². The zero-order valence-electron chi connectivity index (χ0n) is 20.1. The van der Waals surface area contributed by atoms with Gasteiger partial charge in [0.25, 0.3) is 0 Å². The minimum atomic E-state index is -0.00904. The van der Waals surface area contributed by atoms with Gasteiger partial charge in [-0.3, -0.25) is 9.59 Å². The van der Waals surface area contributed by atoms with Crippen molar-refractivity contribution in [2.45, 2.75) is 122 Å². The Morgan fingerprint density at radius 2 is 1.06 bits per heavy atom. The van der Waals surface area contributed by atoms with E-state index in [2.05, 4.69) is 12.2 Å². The Kier molecular flexibility index (Phi) is 17.9. The van der Waals surface area contributed by atoms with Gasteiger partial charge in [0.2, 0.25) is 5.91 Å². The summed E-state index contributed by atoms with van der Waals surface area (Å²) >= 11 is 0. The molecule has 31 heavy (non-hydrogen) atoms. The van der Waals surface area contributed by atoms with Gasteiger partial charge >= 0.3 is 0 Å². The summed E-state index contributed by atoms with van der Waals surface area (Å²) in [7, 11) is 0. The molecule has 0 fully saturated rings. The molecule has 3 nitrogen and oxygen atoms in total. The van der Waals surface area contributed by atoms with E-state index < -0.39 is 0 Å². The SMILES string of the molecule is CCCCCCCCCCCCCCCCCCNC(=O)CCC(=O)c1ccccc1. The number of benzene rings is 1. The first-order chi connectivity index (χ1) is 15.2. The maximum absolute atomic E-state index is 12.0. The van der Waals surface area contributed by atoms with Gasteiger partial charge in [-0.25, -0.2) is 0 Å². The Morgan fingerprint density at radius 3 is 1.55 bits per heavy atom. The summed E-state index contributed by atoms with van der Waals surface area (Å²) in [5, 5.41) is 2.95. The Labute approximate surface area is 191 Å². The van der Waals surface area contributed by atoms with Crippen molar-refractivity contribution in [2.24, 2.45) is 0 Å². The number of nitrogens with one attached hydrogen (secondary N) is 1. The molecule has 1 N–H and O–H groups in total. The number of Topliss-reactive ketones (excluding diaryl/α,β-unsaturated/α-hetero) is 1. The molecule has 0 radical (unpaired) electrons. The van der Waals surface area contributed by atoms with Gasteiger partial charge in [-0.05, 0) is 6.42 Å². The topological polar surface area (TPSA) is 46.2 Å². The lowest BCUT2D eigenvalue weighted by Gasteiger charge is -2.06. The van der Waals surface area contributed by atoms with Crippen molar-refractivity contribution in [1.82, 2.24) is 5.32 Å². The highest BCUT2D eigenvalue weighted by atomic mass is 16.2. The molecule has 0 unspecified atom stereocenters. The summed E-state index contributed by atoms with van der Waals surface area (Å²) in [6, 6.07) is 9.20. The molecule has 0 aromatic heterocycles. The molecule has 1 amide bonds. The molecule has 0 aliphatic carbocycles. The molecule has 1 aromatic carbocycles. The largest absolute Gasteiger partial charge is 0.356 e. The smallest absolute Gasteiger partial charge is 0.220 e. The zero-order chi connectivity index (χ0) is 22.4. The molecule has 0 heterocycles. The fourth-order valence-corrected chi connectivity index (χ4v) is 3.98. The maximum Gasteiger partial charge on any atom is 0.220 e. The van der Waals surface area contributed by atoms with Crippen molar-refractivity contribution >= 4 is 11.7 Å². The molecule has 1 rings (SSSR count). The van der Waals surface area contributed by atoms with Crippen LogP contribution >= 0.6 is 0 Å². The van der Waals surface area contributed by atoms with Crippen LogP contribution in [0.5, 0.6) is 0 Å². The molecule has 3 heteroatoms. The molecule has 0 aliphatic heterocycles. The van der Waals surface area contributed by atoms with Gasteiger partial charge in [-0.1, -0.05) is 134 Å². The Morgan fingerprint density at radius 1 is 0.613 bits per heavy atom. The molecule has 0 saturated heterocycles. The number of hydrogen-bond donors (Lipinski definition) is 1. The second kappa shape index (κ2) is 20.3. The van der Waals surface area contributed by atoms with E-state index >= 15 is 0 Å². The molecular formula is C28H47NO2. The maximum atomic E-state index is 12.0. The quantitative estimate of drug-likeness (QED) is 0.159. The average molecular weight is 430 g/mol. The van der Waals surface area contributed by atoms with Gasteiger partial charge in [0.15, 0.2) is 5.78 Å². The van der Waals surface area contributed by atoms with Crippen LogP contribution < -0.4 is 5.32 Å². The number of hydrogen-bond acceptors (Lipinski definition) is 2. The van der Waals surface area contributed by atoms with Crippen molar-refractivity contribution in [2.75, 3.05) is 6.54 Å². The Hall–Kier alpha value is -1.64. The van der Waals surface area contributed by atoms with E-state index in [1.54, 1.807) is 12.1 Å². The minimum absolute atomic E-state index is 0.00904. The second-order valence-electron chi connectivity index (χ2n) is 8.94. The summed E-state index contributed by atoms with van der Waals surface area (Å²) in [6.45, 7) is 3.01. The van der Waals surface area contributed by atoms with E-state index in [-0.39, 0.29) is 24.5 Å². The average Bonchev–Trinajstić information content (AvgIpc) is 2.80. The van der Waals surface area contributed by atoms with Crippen molar-refractivity contribution in [3.05, 3.63) is 35.9 Å². The van der Waals surface area contributed by atoms with E-state index in [1.165, 1.54) is 96.3 Å². The summed E-state index contributed by atoms with van der Waals surface area (Å²) in [5.41, 5.74) is 0.688. The van der Waals surface area contributed by atoms with Crippen molar-refractivity contribution in [1.29, 1.82) is 0 Å². The lowest BCUT2D eigenvalue weighted by Crippen LogP contribution is -2.24. The molecule has 0 saturated carbocycles. The highest BCUT2D eigenvalue weighted by Gasteiger charge is 2.08. The lowest BCUT2D eigenvalue weighted by molar-refractivity contribution is -0.121. The standard InChI is InChI=1S/C28H47NO2/c1-2-3-4-5-6-7-8-9-10-11-12-13-14-15-16-20-25-29-28(31)24-23-27(30)26-21-18-17-19-22-26/h17-19,21-22H,2-16,20,23-25H2,1H3,(H,29,31). The molecule has 0 aliphatic rings. The van der Waals surface area contributed by atoms with Gasteiger partial charge in [-0.15, -0.1) is 0 Å². The second-order valence-corrected chi connectivity index (χ2v) is 8.94. The van der Waals surface area contributed by atoms with Gasteiger partial charge in [0, 0.05) is 24.9 Å². The minimum Gasteiger partial charge on any atom is -0.356 e. The summed E-state index contributed by atoms with van der Waals surface area (Å²) in [5.74, 6) is 0.0309. The van der Waals surface area contributed by atoms with Crippen LogP contribution in [0.3, 0.4) is 0 Å². The van der Waals surface area contributed by atoms with Crippen molar-refractivity contribution in [3.63, 3.8) is 0 Å². The van der Waals surface area contributed by atoms with Crippen molar-refractivity contribution < 1.29 is 9.59 Å². The first-order valence-corrected chi connectivity index (χ1v) is 13.1. The molecule has 0 bridgehead atoms. The summed E-state index contributed by atoms with van der Waals surface area (Å²) < 4.78 is 0. The number of carbonyl (C=O) groups is 2. The Bertz CT molecular complexity index is 555. The van der Waals surface area contributed by atoms with Crippen LogP contribution in [0, 0.1) is 0 Å². The molecular weight excluding hydrogens is 382 g/mol. The third-order valence-corrected chi connectivity index (χ3v) is 6.03. The van der Waals surface area contributed by atoms with Crippen LogP contribution in [-0.4, -0.2) is 18.2 Å². The fourth-order valence-electron chi connectivity index (χ4n) is 3.98. The molecule has 176 valence electrons. The van der Waals surface area contributed by atoms with E-state index in [1.807, 2.05) is 18.2 Å². The van der Waals surface area contributed by atoms with Crippen LogP contribution in [0.15, 0.2) is 30.3 Å². The Balaban J connectivity index is 1.79. The number of amides is 1. The zero-order valence-corrected chi connectivity index (χ0v) is 20.1. The lowest BCUT2D eigenvalue weighted by atomic mass is 10.0. The molecule has 0 spiro atoms. The monoisotopic (exact) mass is 429 g/mol. The van der Waals surface area contributed by atoms with Gasteiger partial charge < -0.3 is 5.32 Å². The third kappa shape index (κ3) is 16.7. The van der Waals surface area contributed by atoms with E-state index in [4.69, 9.17) is 0 Å². The molecule has 1 aromatic rings. The number of rotatable bonds is 21. The summed E-state index contributed by atoms with van der Waals surface area (Å²) in [4.78, 5) is 23.9. The van der Waals surface area contributed by atoms with E-state index in [0.717, 1.165) is 13.0 Å². The van der Waals surface area contributed by atoms with Gasteiger partial charge in [-0.2, -0.15) is 0 Å². The van der Waals surface area contributed by atoms with Crippen molar-refractivity contribution in [3.8, 4) is 0 Å². The normalized spacial score (nSPS) is 10.9. The third-order valence-electron chi connectivity index (χ3n) is 6.03. The number of ketones is 1. The number of unbranched alkanes of at least 4 members (excludes halogenated alkanes) is 15. The predicted octanol–water partition coefficient (Wildman–Crippen LogP) is 8.03. The van der Waals surface area contributed by atoms with Gasteiger partial charge in [0.05, 0.1) is 0 Å². The van der Waals surface area contributed by atoms with E-state index in [0.29, 0.717) is 5.56 Å². The fraction of sp³-hybridized carbons (Fsp3) is 0.714. The highest BCUT2D eigenvalue weighted by Crippen LogP contribution is 2.13. The van der Waals surface area contributed by atoms with Gasteiger partial charge in [0.1, 0.15) is 0 Å². The first kappa shape index (κ1) is 27.4. The van der Waals surface area contributed by atoms with Crippen LogP contribution in [0.25, 0.3) is 0 Å². The number of carbonyl (C=O) groups excluding carboxylic acids is 2. The van der Waals surface area contributed by atoms with E-state index in [9.17, 15) is 9.59 Å². The van der Waals surface area contributed by atoms with Crippen LogP contribution in [0.2, 0.25) is 0 Å². The molecule has 0 atom stereocenters. The summed E-state index contributed by atoms with van der Waals surface area (Å²) in [6.07, 6.45) is 22.2. The predicted molar refractivity (Wildman–Crippen MR) is 133 cm³/mol.